The van der Waals surface area contributed by atoms with Crippen LogP contribution in [0.2, 0.25) is 5.02 Å². The van der Waals surface area contributed by atoms with Crippen molar-refractivity contribution in [1.82, 2.24) is 9.80 Å². The number of likely N-dealkylation sites (tertiary alicyclic amines) is 2. The first-order valence-corrected chi connectivity index (χ1v) is 14.8. The fourth-order valence-corrected chi connectivity index (χ4v) is 7.56. The second kappa shape index (κ2) is 11.0. The highest BCUT2D eigenvalue weighted by molar-refractivity contribution is 7.92. The monoisotopic (exact) mass is 531 g/mol. The number of piperidine rings is 2. The molecule has 2 saturated heterocycles. The summed E-state index contributed by atoms with van der Waals surface area (Å²) in [5.74, 6) is 0. The summed E-state index contributed by atoms with van der Waals surface area (Å²) < 4.78 is 34.6. The lowest BCUT2D eigenvalue weighted by atomic mass is 9.98. The van der Waals surface area contributed by atoms with E-state index in [0.29, 0.717) is 36.3 Å². The summed E-state index contributed by atoms with van der Waals surface area (Å²) >= 11 is 6.00. The smallest absolute Gasteiger partial charge is 0.409 e. The molecule has 7 nitrogen and oxygen atoms in total. The highest BCUT2D eigenvalue weighted by Gasteiger charge is 2.37. The van der Waals surface area contributed by atoms with Crippen molar-refractivity contribution in [1.29, 1.82) is 0 Å². The summed E-state index contributed by atoms with van der Waals surface area (Å²) in [5.41, 5.74) is 1.61. The maximum Gasteiger partial charge on any atom is 0.409 e. The van der Waals surface area contributed by atoms with Crippen molar-refractivity contribution in [2.45, 2.75) is 61.9 Å². The van der Waals surface area contributed by atoms with Crippen LogP contribution in [0.25, 0.3) is 0 Å². The van der Waals surface area contributed by atoms with Crippen LogP contribution >= 0.6 is 11.6 Å². The minimum absolute atomic E-state index is 0.0199. The molecule has 2 fully saturated rings. The number of anilines is 1. The number of halogens is 1. The molecule has 194 valence electrons. The van der Waals surface area contributed by atoms with Crippen molar-refractivity contribution in [3.05, 3.63) is 59.1 Å². The summed E-state index contributed by atoms with van der Waals surface area (Å²) in [6.45, 7) is 3.71. The highest BCUT2D eigenvalue weighted by Crippen LogP contribution is 2.36. The molecular weight excluding hydrogens is 498 g/mol. The van der Waals surface area contributed by atoms with Crippen molar-refractivity contribution in [3.63, 3.8) is 0 Å². The fourth-order valence-electron chi connectivity index (χ4n) is 5.73. The van der Waals surface area contributed by atoms with E-state index in [-0.39, 0.29) is 17.6 Å². The molecule has 2 aromatic rings. The van der Waals surface area contributed by atoms with Crippen LogP contribution in [0.5, 0.6) is 0 Å². The Labute approximate surface area is 219 Å². The van der Waals surface area contributed by atoms with Gasteiger partial charge in [-0.1, -0.05) is 36.2 Å². The largest absolute Gasteiger partial charge is 0.447 e. The quantitative estimate of drug-likeness (QED) is 0.546. The van der Waals surface area contributed by atoms with E-state index >= 15 is 0 Å². The zero-order valence-electron chi connectivity index (χ0n) is 20.5. The summed E-state index contributed by atoms with van der Waals surface area (Å²) in [4.78, 5) is 17.5. The third kappa shape index (κ3) is 5.36. The summed E-state index contributed by atoms with van der Waals surface area (Å²) in [7, 11) is -3.87. The van der Waals surface area contributed by atoms with Crippen molar-refractivity contribution in [2.75, 3.05) is 37.1 Å². The molecule has 3 aliphatic rings. The molecule has 2 aromatic carbocycles. The van der Waals surface area contributed by atoms with Gasteiger partial charge in [0.25, 0.3) is 10.0 Å². The number of para-hydroxylation sites is 1. The van der Waals surface area contributed by atoms with E-state index in [9.17, 15) is 13.2 Å². The van der Waals surface area contributed by atoms with Gasteiger partial charge >= 0.3 is 6.09 Å². The minimum atomic E-state index is -3.87. The van der Waals surface area contributed by atoms with Crippen LogP contribution < -0.4 is 4.31 Å². The molecule has 9 heteroatoms. The number of benzene rings is 2. The Morgan fingerprint density at radius 1 is 0.917 bits per heavy atom. The fraction of sp³-hybridized carbons (Fsp3) is 0.519. The van der Waals surface area contributed by atoms with E-state index in [0.717, 1.165) is 37.9 Å². The molecule has 0 spiro atoms. The van der Waals surface area contributed by atoms with Gasteiger partial charge < -0.3 is 14.5 Å². The van der Waals surface area contributed by atoms with Gasteiger partial charge in [0.2, 0.25) is 0 Å². The topological polar surface area (TPSA) is 70.2 Å². The second-order valence-electron chi connectivity index (χ2n) is 9.97. The standard InChI is InChI=1S/C27H34ClN3O4S/c28-22-9-12-25(13-10-22)36(33,34)31-24(11-8-21-6-2-3-7-26(21)31)20-35-27(32)30-18-14-23(15-19-30)29-16-4-1-5-17-29/h2-3,6-7,9-10,12-13,23-24H,1,4-5,8,11,14-20H2. The Morgan fingerprint density at radius 2 is 1.61 bits per heavy atom. The van der Waals surface area contributed by atoms with Crippen LogP contribution in [0.4, 0.5) is 10.5 Å². The van der Waals surface area contributed by atoms with Crippen LogP contribution in [0.15, 0.2) is 53.4 Å². The van der Waals surface area contributed by atoms with Gasteiger partial charge in [-0.15, -0.1) is 0 Å². The molecule has 3 aliphatic heterocycles. The van der Waals surface area contributed by atoms with Gasteiger partial charge in [0.15, 0.2) is 0 Å². The number of carbonyl (C=O) groups excluding carboxylic acids is 1. The number of hydrogen-bond donors (Lipinski definition) is 0. The van der Waals surface area contributed by atoms with Crippen molar-refractivity contribution in [3.8, 4) is 0 Å². The third-order valence-electron chi connectivity index (χ3n) is 7.71. The lowest BCUT2D eigenvalue weighted by Gasteiger charge is -2.40. The second-order valence-corrected chi connectivity index (χ2v) is 12.2. The maximum absolute atomic E-state index is 13.7. The minimum Gasteiger partial charge on any atom is -0.447 e. The first-order chi connectivity index (χ1) is 17.4. The molecule has 3 heterocycles. The van der Waals surface area contributed by atoms with E-state index in [2.05, 4.69) is 4.90 Å². The van der Waals surface area contributed by atoms with Crippen LogP contribution in [0, 0.1) is 0 Å². The molecule has 1 atom stereocenters. The average molecular weight is 532 g/mol. The zero-order valence-corrected chi connectivity index (χ0v) is 22.1. The van der Waals surface area contributed by atoms with Crippen LogP contribution in [0.1, 0.15) is 44.1 Å². The van der Waals surface area contributed by atoms with Gasteiger partial charge in [0.1, 0.15) is 6.61 Å². The van der Waals surface area contributed by atoms with E-state index < -0.39 is 16.1 Å². The Bertz CT molecular complexity index is 1160. The maximum atomic E-state index is 13.7. The van der Waals surface area contributed by atoms with E-state index in [4.69, 9.17) is 16.3 Å². The Balaban J connectivity index is 1.26. The third-order valence-corrected chi connectivity index (χ3v) is 9.84. The first-order valence-electron chi connectivity index (χ1n) is 13.0. The molecule has 1 amide bonds. The van der Waals surface area contributed by atoms with Crippen LogP contribution in [-0.2, 0) is 21.2 Å². The van der Waals surface area contributed by atoms with E-state index in [1.807, 2.05) is 24.3 Å². The number of sulfonamides is 1. The number of aryl methyl sites for hydroxylation is 1. The Morgan fingerprint density at radius 3 is 2.33 bits per heavy atom. The molecule has 0 radical (unpaired) electrons. The summed E-state index contributed by atoms with van der Waals surface area (Å²) in [6, 6.07) is 13.8. The molecule has 0 bridgehead atoms. The number of ether oxygens (including phenoxy) is 1. The Hall–Kier alpha value is -2.29. The molecule has 0 aromatic heterocycles. The molecule has 1 unspecified atom stereocenters. The predicted molar refractivity (Wildman–Crippen MR) is 141 cm³/mol. The van der Waals surface area contributed by atoms with E-state index in [1.54, 1.807) is 17.0 Å². The van der Waals surface area contributed by atoms with Crippen LogP contribution in [0.3, 0.4) is 0 Å². The van der Waals surface area contributed by atoms with Crippen molar-refractivity contribution < 1.29 is 17.9 Å². The molecule has 0 N–H and O–H groups in total. The number of hydrogen-bond acceptors (Lipinski definition) is 5. The van der Waals surface area contributed by atoms with Gasteiger partial charge in [0, 0.05) is 24.2 Å². The molecule has 0 aliphatic carbocycles. The Kier molecular flexibility index (Phi) is 7.74. The van der Waals surface area contributed by atoms with Gasteiger partial charge in [-0.25, -0.2) is 13.2 Å². The molecule has 36 heavy (non-hydrogen) atoms. The number of carbonyl (C=O) groups is 1. The van der Waals surface area contributed by atoms with Gasteiger partial charge in [-0.2, -0.15) is 0 Å². The van der Waals surface area contributed by atoms with E-state index in [1.165, 1.54) is 35.7 Å². The van der Waals surface area contributed by atoms with Gasteiger partial charge in [-0.05, 0) is 87.5 Å². The highest BCUT2D eigenvalue weighted by atomic mass is 35.5. The zero-order chi connectivity index (χ0) is 25.1. The van der Waals surface area contributed by atoms with Crippen molar-refractivity contribution >= 4 is 33.4 Å². The predicted octanol–water partition coefficient (Wildman–Crippen LogP) is 4.94. The number of fused-ring (bicyclic) bond motifs is 1. The van der Waals surface area contributed by atoms with Crippen LogP contribution in [-0.4, -0.2) is 69.2 Å². The number of nitrogens with zero attached hydrogens (tertiary/aromatic N) is 3. The lowest BCUT2D eigenvalue weighted by Crippen LogP contribution is -2.50. The normalized spacial score (nSPS) is 21.8. The molecule has 0 saturated carbocycles. The van der Waals surface area contributed by atoms with Crippen molar-refractivity contribution in [2.24, 2.45) is 0 Å². The average Bonchev–Trinajstić information content (AvgIpc) is 2.92. The van der Waals surface area contributed by atoms with Gasteiger partial charge in [-0.3, -0.25) is 4.31 Å². The summed E-state index contributed by atoms with van der Waals surface area (Å²) in [6.07, 6.45) is 6.73. The first kappa shape index (κ1) is 25.4. The number of rotatable bonds is 5. The molecule has 5 rings (SSSR count). The number of amides is 1. The lowest BCUT2D eigenvalue weighted by molar-refractivity contribution is 0.0631. The SMILES string of the molecule is O=C(OCC1CCc2ccccc2N1S(=O)(=O)c1ccc(Cl)cc1)N1CCC(N2CCCCC2)CC1. The molecular formula is C27H34ClN3O4S. The summed E-state index contributed by atoms with van der Waals surface area (Å²) in [5, 5.41) is 0.475. The van der Waals surface area contributed by atoms with Gasteiger partial charge in [0.05, 0.1) is 16.6 Å².